The number of halogens is 6. The zero-order valence-electron chi connectivity index (χ0n) is 23.3. The molecule has 2 aromatic carbocycles. The number of piperidine rings is 1. The van der Waals surface area contributed by atoms with Crippen LogP contribution in [0.25, 0.3) is 6.08 Å². The van der Waals surface area contributed by atoms with Gasteiger partial charge in [-0.05, 0) is 62.6 Å². The summed E-state index contributed by atoms with van der Waals surface area (Å²) in [7, 11) is 0. The van der Waals surface area contributed by atoms with E-state index in [4.69, 9.17) is 0 Å². The first-order valence-electron chi connectivity index (χ1n) is 13.4. The van der Waals surface area contributed by atoms with Crippen molar-refractivity contribution >= 4 is 35.4 Å². The third kappa shape index (κ3) is 9.38. The second-order valence-corrected chi connectivity index (χ2v) is 11.5. The molecule has 14 heteroatoms. The molecule has 0 radical (unpaired) electrons. The number of nitrogens with zero attached hydrogens (tertiary/aromatic N) is 2. The maximum absolute atomic E-state index is 14.3. The van der Waals surface area contributed by atoms with Crippen LogP contribution in [0.5, 0.6) is 0 Å². The fraction of sp³-hybridized carbons (Fsp3) is 0.448. The molecule has 3 rings (SSSR count). The van der Waals surface area contributed by atoms with Gasteiger partial charge in [0.15, 0.2) is 0 Å². The summed E-state index contributed by atoms with van der Waals surface area (Å²) in [6.45, 7) is 3.03. The Hall–Kier alpha value is -3.23. The molecule has 2 atom stereocenters. The fourth-order valence-electron chi connectivity index (χ4n) is 4.82. The Morgan fingerprint density at radius 1 is 0.977 bits per heavy atom. The number of alkyl halides is 6. The van der Waals surface area contributed by atoms with E-state index in [1.807, 2.05) is 4.90 Å². The normalized spacial score (nSPS) is 16.4. The van der Waals surface area contributed by atoms with Gasteiger partial charge in [0.05, 0.1) is 29.3 Å². The maximum Gasteiger partial charge on any atom is 0.418 e. The summed E-state index contributed by atoms with van der Waals surface area (Å²) in [6.07, 6.45) is -10.8. The second-order valence-electron chi connectivity index (χ2n) is 10.4. The monoisotopic (exact) mass is 634 g/mol. The molecule has 236 valence electrons. The highest BCUT2D eigenvalue weighted by Gasteiger charge is 2.46. The number of carboxylic acid groups (broad SMARTS) is 1. The summed E-state index contributed by atoms with van der Waals surface area (Å²) >= 11 is 0.511. The van der Waals surface area contributed by atoms with Gasteiger partial charge in [0, 0.05) is 47.7 Å². The molecule has 0 saturated carbocycles. The lowest BCUT2D eigenvalue weighted by atomic mass is 9.97. The Balaban J connectivity index is 1.98. The predicted molar refractivity (Wildman–Crippen MR) is 149 cm³/mol. The largest absolute Gasteiger partial charge is 0.481 e. The standard InChI is InChI=1S/C29H32F6N2O5S/c1-17(38)15-37(16-18(2)39)24(40)9-7-19-6-8-23(26(29(33,34)35)25(19)28(30,31)32)43-22-5-3-4-21(14-22)36-12-10-20(11-13-36)27(41)42/h3-9,14,17-18,20,38-39H,10-13,15-16H2,1-2H3,(H,41,42)/b9-7+. The molecule has 3 N–H and O–H groups in total. The van der Waals surface area contributed by atoms with E-state index in [0.29, 0.717) is 55.5 Å². The molecule has 1 amide bonds. The minimum absolute atomic E-state index is 0.250. The molecule has 2 unspecified atom stereocenters. The summed E-state index contributed by atoms with van der Waals surface area (Å²) in [5.74, 6) is -2.29. The number of hydrogen-bond acceptors (Lipinski definition) is 6. The van der Waals surface area contributed by atoms with Crippen molar-refractivity contribution in [1.82, 2.24) is 4.90 Å². The molecule has 1 aliphatic rings. The molecule has 0 spiro atoms. The lowest BCUT2D eigenvalue weighted by Crippen LogP contribution is -2.39. The lowest BCUT2D eigenvalue weighted by Gasteiger charge is -2.32. The Morgan fingerprint density at radius 2 is 1.56 bits per heavy atom. The van der Waals surface area contributed by atoms with Gasteiger partial charge in [-0.3, -0.25) is 9.59 Å². The number of rotatable bonds is 10. The molecular formula is C29H32F6N2O5S. The van der Waals surface area contributed by atoms with Gasteiger partial charge in [-0.1, -0.05) is 23.9 Å². The van der Waals surface area contributed by atoms with Gasteiger partial charge in [-0.2, -0.15) is 26.3 Å². The Kier molecular flexibility index (Phi) is 11.2. The number of aliphatic hydroxyl groups excluding tert-OH is 2. The Morgan fingerprint density at radius 3 is 2.07 bits per heavy atom. The number of benzene rings is 2. The molecule has 0 bridgehead atoms. The van der Waals surface area contributed by atoms with Crippen LogP contribution in [0.3, 0.4) is 0 Å². The third-order valence-corrected chi connectivity index (χ3v) is 7.76. The molecule has 1 fully saturated rings. The molecule has 7 nitrogen and oxygen atoms in total. The van der Waals surface area contributed by atoms with Crippen LogP contribution < -0.4 is 4.90 Å². The van der Waals surface area contributed by atoms with Crippen LogP contribution in [0.1, 0.15) is 43.4 Å². The molecule has 43 heavy (non-hydrogen) atoms. The van der Waals surface area contributed by atoms with Crippen LogP contribution in [0.4, 0.5) is 32.0 Å². The minimum Gasteiger partial charge on any atom is -0.481 e. The number of amides is 1. The van der Waals surface area contributed by atoms with Gasteiger partial charge in [0.25, 0.3) is 0 Å². The first-order valence-corrected chi connectivity index (χ1v) is 14.2. The molecule has 0 aliphatic carbocycles. The van der Waals surface area contributed by atoms with Gasteiger partial charge < -0.3 is 25.1 Å². The van der Waals surface area contributed by atoms with Crippen LogP contribution in [0.15, 0.2) is 52.3 Å². The summed E-state index contributed by atoms with van der Waals surface area (Å²) in [4.78, 5) is 26.3. The van der Waals surface area contributed by atoms with Gasteiger partial charge >= 0.3 is 18.3 Å². The number of aliphatic hydroxyl groups is 2. The Labute approximate surface area is 248 Å². The zero-order chi connectivity index (χ0) is 32.1. The highest BCUT2D eigenvalue weighted by atomic mass is 32.2. The molecule has 1 heterocycles. The van der Waals surface area contributed by atoms with Gasteiger partial charge in [0.2, 0.25) is 5.91 Å². The second kappa shape index (κ2) is 14.0. The minimum atomic E-state index is -5.43. The molecule has 1 saturated heterocycles. The van der Waals surface area contributed by atoms with E-state index in [1.165, 1.54) is 19.9 Å². The van der Waals surface area contributed by atoms with Crippen LogP contribution >= 0.6 is 11.8 Å². The van der Waals surface area contributed by atoms with Crippen molar-refractivity contribution in [1.29, 1.82) is 0 Å². The maximum atomic E-state index is 14.3. The SMILES string of the molecule is CC(O)CN(CC(C)O)C(=O)/C=C/c1ccc(Sc2cccc(N3CCC(C(=O)O)CC3)c2)c(C(F)(F)F)c1C(F)(F)F. The van der Waals surface area contributed by atoms with E-state index in [2.05, 4.69) is 0 Å². The van der Waals surface area contributed by atoms with E-state index < -0.39 is 63.9 Å². The van der Waals surface area contributed by atoms with Crippen LogP contribution in [0.2, 0.25) is 0 Å². The highest BCUT2D eigenvalue weighted by Crippen LogP contribution is 2.48. The van der Waals surface area contributed by atoms with Crippen molar-refractivity contribution in [3.63, 3.8) is 0 Å². The molecular weight excluding hydrogens is 602 g/mol. The number of carbonyl (C=O) groups is 2. The summed E-state index contributed by atoms with van der Waals surface area (Å²) in [5, 5.41) is 28.4. The topological polar surface area (TPSA) is 101 Å². The Bertz CT molecular complexity index is 1310. The van der Waals surface area contributed by atoms with Crippen molar-refractivity contribution < 1.29 is 51.3 Å². The zero-order valence-corrected chi connectivity index (χ0v) is 24.1. The predicted octanol–water partition coefficient (Wildman–Crippen LogP) is 5.78. The number of hydrogen-bond donors (Lipinski definition) is 3. The van der Waals surface area contributed by atoms with Crippen molar-refractivity contribution in [2.24, 2.45) is 5.92 Å². The van der Waals surface area contributed by atoms with Crippen LogP contribution in [-0.2, 0) is 21.9 Å². The van der Waals surface area contributed by atoms with Crippen molar-refractivity contribution in [3.8, 4) is 0 Å². The average molecular weight is 635 g/mol. The fourth-order valence-corrected chi connectivity index (χ4v) is 5.86. The quantitative estimate of drug-likeness (QED) is 0.225. The third-order valence-electron chi connectivity index (χ3n) is 6.71. The number of carboxylic acids is 1. The summed E-state index contributed by atoms with van der Waals surface area (Å²) in [6, 6.07) is 8.05. The summed E-state index contributed by atoms with van der Waals surface area (Å²) in [5.41, 5.74) is -4.10. The van der Waals surface area contributed by atoms with E-state index in [9.17, 15) is 51.3 Å². The van der Waals surface area contributed by atoms with Crippen molar-refractivity contribution in [3.05, 3.63) is 59.2 Å². The first kappa shape index (κ1) is 34.3. The smallest absolute Gasteiger partial charge is 0.418 e. The van der Waals surface area contributed by atoms with Crippen molar-refractivity contribution in [2.45, 2.75) is 61.0 Å². The van der Waals surface area contributed by atoms with E-state index in [0.717, 1.165) is 17.0 Å². The number of carbonyl (C=O) groups excluding carboxylic acids is 1. The van der Waals surface area contributed by atoms with Gasteiger partial charge in [0.1, 0.15) is 0 Å². The average Bonchev–Trinajstić information content (AvgIpc) is 2.90. The van der Waals surface area contributed by atoms with Crippen LogP contribution in [0, 0.1) is 5.92 Å². The molecule has 0 aromatic heterocycles. The molecule has 2 aromatic rings. The number of aliphatic carboxylic acids is 1. The van der Waals surface area contributed by atoms with E-state index >= 15 is 0 Å². The summed E-state index contributed by atoms with van der Waals surface area (Å²) < 4.78 is 85.5. The number of anilines is 1. The van der Waals surface area contributed by atoms with E-state index in [1.54, 1.807) is 18.2 Å². The van der Waals surface area contributed by atoms with Gasteiger partial charge in [-0.15, -0.1) is 0 Å². The van der Waals surface area contributed by atoms with Crippen LogP contribution in [-0.4, -0.2) is 70.5 Å². The van der Waals surface area contributed by atoms with Gasteiger partial charge in [-0.25, -0.2) is 0 Å². The van der Waals surface area contributed by atoms with Crippen molar-refractivity contribution in [2.75, 3.05) is 31.1 Å². The first-order chi connectivity index (χ1) is 20.0. The highest BCUT2D eigenvalue weighted by molar-refractivity contribution is 7.99. The van der Waals surface area contributed by atoms with E-state index in [-0.39, 0.29) is 18.0 Å². The molecule has 1 aliphatic heterocycles. The lowest BCUT2D eigenvalue weighted by molar-refractivity contribution is -0.163.